The van der Waals surface area contributed by atoms with Crippen LogP contribution in [0.2, 0.25) is 0 Å². The number of sulfone groups is 2. The molecule has 25 heavy (non-hydrogen) atoms. The minimum atomic E-state index is -4.23. The van der Waals surface area contributed by atoms with E-state index in [0.29, 0.717) is 0 Å². The minimum absolute atomic E-state index is 0.250. The maximum Gasteiger partial charge on any atom is 0.341 e. The van der Waals surface area contributed by atoms with Crippen LogP contribution in [0.25, 0.3) is 0 Å². The summed E-state index contributed by atoms with van der Waals surface area (Å²) < 4.78 is 49.6. The van der Waals surface area contributed by atoms with Gasteiger partial charge in [-0.1, -0.05) is 12.1 Å². The molecule has 0 bridgehead atoms. The van der Waals surface area contributed by atoms with Crippen LogP contribution in [0.5, 0.6) is 0 Å². The van der Waals surface area contributed by atoms with E-state index in [1.54, 1.807) is 0 Å². The SMILES string of the molecule is O=S(=O)(c1ccccn1)c1ccc(S(=O)(=O)c2ccccn2)[n+]([O-])n1. The number of hydrogen-bond donors (Lipinski definition) is 0. The molecule has 3 aromatic heterocycles. The fourth-order valence-electron chi connectivity index (χ4n) is 1.94. The van der Waals surface area contributed by atoms with Crippen molar-refractivity contribution < 1.29 is 21.7 Å². The quantitative estimate of drug-likeness (QED) is 0.463. The molecule has 0 spiro atoms. The molecule has 0 aliphatic rings. The van der Waals surface area contributed by atoms with Crippen molar-refractivity contribution in [2.24, 2.45) is 0 Å². The second-order valence-electron chi connectivity index (χ2n) is 4.73. The molecule has 0 aliphatic carbocycles. The monoisotopic (exact) mass is 378 g/mol. The molecule has 3 rings (SSSR count). The number of aromatic nitrogens is 4. The van der Waals surface area contributed by atoms with Crippen molar-refractivity contribution in [1.82, 2.24) is 15.1 Å². The highest BCUT2D eigenvalue weighted by Gasteiger charge is 2.31. The van der Waals surface area contributed by atoms with Crippen molar-refractivity contribution in [3.05, 3.63) is 66.1 Å². The molecular formula is C14H10N4O5S2. The number of pyridine rings is 2. The molecule has 0 aromatic carbocycles. The van der Waals surface area contributed by atoms with Crippen LogP contribution >= 0.6 is 0 Å². The van der Waals surface area contributed by atoms with E-state index in [0.717, 1.165) is 12.1 Å². The van der Waals surface area contributed by atoms with Gasteiger partial charge in [-0.2, -0.15) is 0 Å². The Bertz CT molecular complexity index is 1120. The van der Waals surface area contributed by atoms with Crippen molar-refractivity contribution in [2.45, 2.75) is 20.1 Å². The van der Waals surface area contributed by atoms with Gasteiger partial charge in [-0.15, -0.1) is 0 Å². The molecule has 128 valence electrons. The maximum absolute atomic E-state index is 12.4. The summed E-state index contributed by atoms with van der Waals surface area (Å²) in [7, 11) is -8.37. The van der Waals surface area contributed by atoms with Gasteiger partial charge in [0.15, 0.2) is 10.1 Å². The zero-order valence-electron chi connectivity index (χ0n) is 12.4. The summed E-state index contributed by atoms with van der Waals surface area (Å²) in [5.41, 5.74) is 0. The van der Waals surface area contributed by atoms with E-state index in [1.165, 1.54) is 48.8 Å². The first-order chi connectivity index (χ1) is 11.8. The van der Waals surface area contributed by atoms with Gasteiger partial charge in [0.2, 0.25) is 14.9 Å². The molecule has 0 saturated heterocycles. The zero-order chi connectivity index (χ0) is 18.1. The van der Waals surface area contributed by atoms with Gasteiger partial charge in [-0.3, -0.25) is 0 Å². The first kappa shape index (κ1) is 16.9. The Kier molecular flexibility index (Phi) is 4.18. The van der Waals surface area contributed by atoms with Gasteiger partial charge in [0, 0.05) is 23.6 Å². The largest absolute Gasteiger partial charge is 0.593 e. The molecule has 11 heteroatoms. The Labute approximate surface area is 143 Å². The van der Waals surface area contributed by atoms with E-state index in [4.69, 9.17) is 0 Å². The summed E-state index contributed by atoms with van der Waals surface area (Å²) in [6.45, 7) is 0. The fraction of sp³-hybridized carbons (Fsp3) is 0. The van der Waals surface area contributed by atoms with E-state index in [9.17, 15) is 22.0 Å². The third-order valence-electron chi connectivity index (χ3n) is 3.12. The molecule has 9 nitrogen and oxygen atoms in total. The maximum atomic E-state index is 12.4. The zero-order valence-corrected chi connectivity index (χ0v) is 14.1. The third-order valence-corrected chi connectivity index (χ3v) is 6.32. The standard InChI is InChI=1S/C14H10N4O5S2/c19-18-14(25(22,23)12-6-2-4-10-16-12)8-7-13(17-18)24(20,21)11-5-1-3-9-15-11/h1-10H. The summed E-state index contributed by atoms with van der Waals surface area (Å²) in [5, 5.41) is 13.4. The number of rotatable bonds is 4. The highest BCUT2D eigenvalue weighted by Crippen LogP contribution is 2.18. The lowest BCUT2D eigenvalue weighted by Gasteiger charge is -2.05. The highest BCUT2D eigenvalue weighted by molar-refractivity contribution is 7.91. The van der Waals surface area contributed by atoms with Crippen LogP contribution in [0.15, 0.2) is 81.0 Å². The van der Waals surface area contributed by atoms with E-state index >= 15 is 0 Å². The number of nitrogens with zero attached hydrogens (tertiary/aromatic N) is 4. The van der Waals surface area contributed by atoms with Gasteiger partial charge >= 0.3 is 5.03 Å². The first-order valence-corrected chi connectivity index (χ1v) is 9.73. The Morgan fingerprint density at radius 1 is 0.720 bits per heavy atom. The summed E-state index contributed by atoms with van der Waals surface area (Å²) in [6, 6.07) is 10.2. The smallest absolute Gasteiger partial charge is 0.341 e. The molecule has 0 unspecified atom stereocenters. The Hall–Kier alpha value is -2.92. The molecule has 3 heterocycles. The van der Waals surface area contributed by atoms with Crippen molar-refractivity contribution >= 4 is 19.7 Å². The molecule has 0 amide bonds. The van der Waals surface area contributed by atoms with Crippen LogP contribution < -0.4 is 4.85 Å². The van der Waals surface area contributed by atoms with E-state index in [1.807, 2.05) is 0 Å². The molecule has 0 atom stereocenters. The molecule has 3 aromatic rings. The van der Waals surface area contributed by atoms with E-state index in [2.05, 4.69) is 15.1 Å². The lowest BCUT2D eigenvalue weighted by molar-refractivity contribution is -0.711. The predicted octanol–water partition coefficient (Wildman–Crippen LogP) is 0.171. The van der Waals surface area contributed by atoms with Crippen LogP contribution in [0, 0.1) is 5.21 Å². The molecule has 0 N–H and O–H groups in total. The van der Waals surface area contributed by atoms with E-state index < -0.39 is 29.7 Å². The Morgan fingerprint density at radius 2 is 1.28 bits per heavy atom. The van der Waals surface area contributed by atoms with Gasteiger partial charge in [0.1, 0.15) is 0 Å². The van der Waals surface area contributed by atoms with Crippen LogP contribution in [0.4, 0.5) is 0 Å². The van der Waals surface area contributed by atoms with Gasteiger partial charge in [-0.25, -0.2) is 26.8 Å². The lowest BCUT2D eigenvalue weighted by atomic mass is 10.5. The van der Waals surface area contributed by atoms with Crippen molar-refractivity contribution in [2.75, 3.05) is 0 Å². The average molecular weight is 378 g/mol. The number of hydrogen-bond acceptors (Lipinski definition) is 8. The summed E-state index contributed by atoms with van der Waals surface area (Å²) in [5.74, 6) is 0. The molecule has 0 saturated carbocycles. The van der Waals surface area contributed by atoms with Crippen LogP contribution in [-0.4, -0.2) is 31.9 Å². The van der Waals surface area contributed by atoms with Crippen molar-refractivity contribution in [1.29, 1.82) is 0 Å². The van der Waals surface area contributed by atoms with Crippen molar-refractivity contribution in [3.8, 4) is 0 Å². The van der Waals surface area contributed by atoms with Crippen LogP contribution in [0.1, 0.15) is 0 Å². The van der Waals surface area contributed by atoms with Gasteiger partial charge in [0.05, 0.1) is 0 Å². The second kappa shape index (κ2) is 6.18. The van der Waals surface area contributed by atoms with Crippen molar-refractivity contribution in [3.63, 3.8) is 0 Å². The van der Waals surface area contributed by atoms with E-state index in [-0.39, 0.29) is 14.9 Å². The molecule has 0 fully saturated rings. The molecule has 0 aliphatic heterocycles. The van der Waals surface area contributed by atoms with Crippen LogP contribution in [0.3, 0.4) is 0 Å². The normalized spacial score (nSPS) is 12.0. The van der Waals surface area contributed by atoms with Gasteiger partial charge < -0.3 is 5.21 Å². The Morgan fingerprint density at radius 3 is 1.76 bits per heavy atom. The third kappa shape index (κ3) is 3.06. The second-order valence-corrected chi connectivity index (χ2v) is 8.41. The highest BCUT2D eigenvalue weighted by atomic mass is 32.2. The topological polar surface area (TPSA) is 134 Å². The van der Waals surface area contributed by atoms with Gasteiger partial charge in [0.25, 0.3) is 9.84 Å². The molecule has 0 radical (unpaired) electrons. The minimum Gasteiger partial charge on any atom is -0.593 e. The fourth-order valence-corrected chi connectivity index (χ4v) is 4.21. The average Bonchev–Trinajstić information content (AvgIpc) is 2.63. The molecular weight excluding hydrogens is 368 g/mol. The van der Waals surface area contributed by atoms with Gasteiger partial charge in [-0.05, 0) is 35.2 Å². The lowest BCUT2D eigenvalue weighted by Crippen LogP contribution is -2.39. The summed E-state index contributed by atoms with van der Waals surface area (Å²) >= 11 is 0. The Balaban J connectivity index is 2.09. The first-order valence-electron chi connectivity index (χ1n) is 6.76. The summed E-state index contributed by atoms with van der Waals surface area (Å²) in [4.78, 5) is 7.15. The summed E-state index contributed by atoms with van der Waals surface area (Å²) in [6.07, 6.45) is 2.54. The van der Waals surface area contributed by atoms with Crippen LogP contribution in [-0.2, 0) is 19.7 Å². The predicted molar refractivity (Wildman–Crippen MR) is 82.6 cm³/mol.